The lowest BCUT2D eigenvalue weighted by Gasteiger charge is -2.18. The summed E-state index contributed by atoms with van der Waals surface area (Å²) in [6, 6.07) is 2.12. The molecule has 0 atom stereocenters. The predicted molar refractivity (Wildman–Crippen MR) is 69.7 cm³/mol. The minimum absolute atomic E-state index is 0.0132. The van der Waals surface area contributed by atoms with Gasteiger partial charge in [-0.2, -0.15) is 0 Å². The summed E-state index contributed by atoms with van der Waals surface area (Å²) in [5, 5.41) is 0. The Kier molecular flexibility index (Phi) is 4.35. The zero-order chi connectivity index (χ0) is 12.3. The Balaban J connectivity index is 3.02. The molecule has 88 valence electrons. The highest BCUT2D eigenvalue weighted by atomic mass is 79.9. The SMILES string of the molecule is C=CCN(C)C(=O)c1cc(Br)cn1C(C)C. The Morgan fingerprint density at radius 3 is 2.81 bits per heavy atom. The summed E-state index contributed by atoms with van der Waals surface area (Å²) in [5.74, 6) is 0.0132. The van der Waals surface area contributed by atoms with Crippen molar-refractivity contribution >= 4 is 21.8 Å². The second-order valence-electron chi connectivity index (χ2n) is 4.02. The van der Waals surface area contributed by atoms with E-state index >= 15 is 0 Å². The number of rotatable bonds is 4. The van der Waals surface area contributed by atoms with Gasteiger partial charge in [-0.25, -0.2) is 0 Å². The fourth-order valence-electron chi connectivity index (χ4n) is 1.52. The zero-order valence-electron chi connectivity index (χ0n) is 9.90. The van der Waals surface area contributed by atoms with Crippen LogP contribution in [-0.4, -0.2) is 29.0 Å². The minimum atomic E-state index is 0.0132. The Hall–Kier alpha value is -1.03. The van der Waals surface area contributed by atoms with Crippen molar-refractivity contribution in [3.63, 3.8) is 0 Å². The molecule has 0 fully saturated rings. The molecule has 4 heteroatoms. The van der Waals surface area contributed by atoms with Crippen molar-refractivity contribution in [1.29, 1.82) is 0 Å². The van der Waals surface area contributed by atoms with Gasteiger partial charge in [0.15, 0.2) is 0 Å². The molecule has 0 bridgehead atoms. The highest BCUT2D eigenvalue weighted by molar-refractivity contribution is 9.10. The summed E-state index contributed by atoms with van der Waals surface area (Å²) in [4.78, 5) is 13.8. The summed E-state index contributed by atoms with van der Waals surface area (Å²) in [7, 11) is 1.77. The van der Waals surface area contributed by atoms with Crippen molar-refractivity contribution in [2.45, 2.75) is 19.9 Å². The van der Waals surface area contributed by atoms with Crippen molar-refractivity contribution in [3.8, 4) is 0 Å². The lowest BCUT2D eigenvalue weighted by Crippen LogP contribution is -2.29. The van der Waals surface area contributed by atoms with Gasteiger partial charge in [0, 0.05) is 30.3 Å². The van der Waals surface area contributed by atoms with Crippen LogP contribution < -0.4 is 0 Å². The quantitative estimate of drug-likeness (QED) is 0.780. The molecule has 0 spiro atoms. The van der Waals surface area contributed by atoms with Crippen molar-refractivity contribution in [1.82, 2.24) is 9.47 Å². The number of carbonyl (C=O) groups is 1. The molecule has 1 aromatic heterocycles. The van der Waals surface area contributed by atoms with Gasteiger partial charge in [0.1, 0.15) is 5.69 Å². The first-order chi connectivity index (χ1) is 7.47. The Morgan fingerprint density at radius 1 is 1.69 bits per heavy atom. The number of carbonyl (C=O) groups excluding carboxylic acids is 1. The summed E-state index contributed by atoms with van der Waals surface area (Å²) in [6.07, 6.45) is 3.65. The summed E-state index contributed by atoms with van der Waals surface area (Å²) in [5.41, 5.74) is 0.700. The lowest BCUT2D eigenvalue weighted by atomic mass is 10.3. The molecule has 0 N–H and O–H groups in total. The maximum Gasteiger partial charge on any atom is 0.270 e. The maximum atomic E-state index is 12.1. The van der Waals surface area contributed by atoms with Gasteiger partial charge in [-0.15, -0.1) is 6.58 Å². The molecular weight excluding hydrogens is 268 g/mol. The van der Waals surface area contributed by atoms with E-state index < -0.39 is 0 Å². The van der Waals surface area contributed by atoms with Crippen LogP contribution in [0, 0.1) is 0 Å². The molecule has 0 radical (unpaired) electrons. The van der Waals surface area contributed by atoms with Crippen LogP contribution in [0.1, 0.15) is 30.4 Å². The third-order valence-electron chi connectivity index (χ3n) is 2.34. The van der Waals surface area contributed by atoms with Gasteiger partial charge < -0.3 is 9.47 Å². The van der Waals surface area contributed by atoms with Crippen molar-refractivity contribution in [2.24, 2.45) is 0 Å². The van der Waals surface area contributed by atoms with Crippen LogP contribution in [0.15, 0.2) is 29.4 Å². The molecule has 0 aliphatic rings. The Morgan fingerprint density at radius 2 is 2.31 bits per heavy atom. The Bertz CT molecular complexity index is 396. The van der Waals surface area contributed by atoms with Gasteiger partial charge >= 0.3 is 0 Å². The van der Waals surface area contributed by atoms with Gasteiger partial charge in [0.25, 0.3) is 5.91 Å². The van der Waals surface area contributed by atoms with Crippen LogP contribution in [-0.2, 0) is 0 Å². The fourth-order valence-corrected chi connectivity index (χ4v) is 1.95. The second kappa shape index (κ2) is 5.34. The van der Waals surface area contributed by atoms with E-state index in [9.17, 15) is 4.79 Å². The van der Waals surface area contributed by atoms with E-state index in [-0.39, 0.29) is 11.9 Å². The summed E-state index contributed by atoms with van der Waals surface area (Å²) < 4.78 is 2.89. The molecule has 1 rings (SSSR count). The number of amides is 1. The van der Waals surface area contributed by atoms with E-state index in [4.69, 9.17) is 0 Å². The van der Waals surface area contributed by atoms with Crippen LogP contribution in [0.5, 0.6) is 0 Å². The second-order valence-corrected chi connectivity index (χ2v) is 4.93. The normalized spacial score (nSPS) is 10.6. The fraction of sp³-hybridized carbons (Fsp3) is 0.417. The minimum Gasteiger partial charge on any atom is -0.340 e. The number of hydrogen-bond donors (Lipinski definition) is 0. The molecule has 0 unspecified atom stereocenters. The van der Waals surface area contributed by atoms with E-state index in [1.807, 2.05) is 16.8 Å². The molecule has 0 saturated carbocycles. The molecule has 1 heterocycles. The van der Waals surface area contributed by atoms with E-state index in [0.29, 0.717) is 12.2 Å². The zero-order valence-corrected chi connectivity index (χ0v) is 11.5. The molecule has 0 saturated heterocycles. The first-order valence-corrected chi connectivity index (χ1v) is 6.00. The third-order valence-corrected chi connectivity index (χ3v) is 2.77. The average Bonchev–Trinajstić information content (AvgIpc) is 2.59. The van der Waals surface area contributed by atoms with Crippen molar-refractivity contribution in [3.05, 3.63) is 35.1 Å². The number of likely N-dealkylation sites (N-methyl/N-ethyl adjacent to an activating group) is 1. The van der Waals surface area contributed by atoms with Crippen LogP contribution in [0.4, 0.5) is 0 Å². The van der Waals surface area contributed by atoms with Crippen LogP contribution >= 0.6 is 15.9 Å². The van der Waals surface area contributed by atoms with Gasteiger partial charge in [-0.05, 0) is 35.8 Å². The lowest BCUT2D eigenvalue weighted by molar-refractivity contribution is 0.0798. The van der Waals surface area contributed by atoms with Crippen LogP contribution in [0.25, 0.3) is 0 Å². The number of halogens is 1. The number of nitrogens with zero attached hydrogens (tertiary/aromatic N) is 2. The Labute approximate surface area is 105 Å². The van der Waals surface area contributed by atoms with Crippen LogP contribution in [0.3, 0.4) is 0 Å². The molecule has 1 aromatic rings. The van der Waals surface area contributed by atoms with Crippen molar-refractivity contribution < 1.29 is 4.79 Å². The van der Waals surface area contributed by atoms with Crippen molar-refractivity contribution in [2.75, 3.05) is 13.6 Å². The third kappa shape index (κ3) is 2.76. The van der Waals surface area contributed by atoms with E-state index in [1.165, 1.54) is 0 Å². The summed E-state index contributed by atoms with van der Waals surface area (Å²) >= 11 is 3.40. The van der Waals surface area contributed by atoms with Gasteiger partial charge in [-0.1, -0.05) is 6.08 Å². The van der Waals surface area contributed by atoms with E-state index in [2.05, 4.69) is 36.4 Å². The van der Waals surface area contributed by atoms with Gasteiger partial charge in [0.05, 0.1) is 0 Å². The largest absolute Gasteiger partial charge is 0.340 e. The first-order valence-electron chi connectivity index (χ1n) is 5.21. The van der Waals surface area contributed by atoms with Gasteiger partial charge in [0.2, 0.25) is 0 Å². The van der Waals surface area contributed by atoms with Crippen LogP contribution in [0.2, 0.25) is 0 Å². The molecule has 0 aliphatic heterocycles. The average molecular weight is 285 g/mol. The number of aromatic nitrogens is 1. The van der Waals surface area contributed by atoms with E-state index in [0.717, 1.165) is 4.47 Å². The standard InChI is InChI=1S/C12H17BrN2O/c1-5-6-14(4)12(16)11-7-10(13)8-15(11)9(2)3/h5,7-9H,1,6H2,2-4H3. The smallest absolute Gasteiger partial charge is 0.270 e. The molecule has 0 aliphatic carbocycles. The number of hydrogen-bond acceptors (Lipinski definition) is 1. The van der Waals surface area contributed by atoms with Gasteiger partial charge in [-0.3, -0.25) is 4.79 Å². The predicted octanol–water partition coefficient (Wildman–Crippen LogP) is 3.09. The molecular formula is C12H17BrN2O. The first kappa shape index (κ1) is 13.0. The highest BCUT2D eigenvalue weighted by Crippen LogP contribution is 2.20. The topological polar surface area (TPSA) is 25.2 Å². The molecule has 1 amide bonds. The molecule has 16 heavy (non-hydrogen) atoms. The van der Waals surface area contributed by atoms with E-state index in [1.54, 1.807) is 18.0 Å². The molecule has 3 nitrogen and oxygen atoms in total. The summed E-state index contributed by atoms with van der Waals surface area (Å²) in [6.45, 7) is 8.29. The highest BCUT2D eigenvalue weighted by Gasteiger charge is 2.17. The molecule has 0 aromatic carbocycles. The monoisotopic (exact) mass is 284 g/mol. The maximum absolute atomic E-state index is 12.1.